The van der Waals surface area contributed by atoms with Gasteiger partial charge in [-0.3, -0.25) is 0 Å². The van der Waals surface area contributed by atoms with Gasteiger partial charge in [0.2, 0.25) is 5.69 Å². The number of anilines is 1. The number of aliphatic hydroxyl groups is 3. The normalized spacial score (nSPS) is 23.8. The monoisotopic (exact) mass is 1050 g/mol. The molecule has 4 aliphatic rings. The molecule has 0 amide bonds. The summed E-state index contributed by atoms with van der Waals surface area (Å²) in [5.74, 6) is 1.11. The van der Waals surface area contributed by atoms with Gasteiger partial charge in [0.05, 0.1) is 38.3 Å². The summed E-state index contributed by atoms with van der Waals surface area (Å²) in [6.45, 7) is 11.0. The molecular formula is C54H71N4NaO12S2. The predicted molar refractivity (Wildman–Crippen MR) is 275 cm³/mol. The summed E-state index contributed by atoms with van der Waals surface area (Å²) in [5, 5.41) is 33.6. The molecule has 0 saturated carbocycles. The number of para-hydroxylation sites is 2. The number of nitrogens with zero attached hydrogens (tertiary/aromatic N) is 2. The van der Waals surface area contributed by atoms with Crippen molar-refractivity contribution in [2.45, 2.75) is 127 Å². The number of hydrogen-bond acceptors (Lipinski definition) is 15. The molecule has 1 aliphatic carbocycles. The second-order valence-electron chi connectivity index (χ2n) is 20.2. The van der Waals surface area contributed by atoms with E-state index in [0.29, 0.717) is 62.8 Å². The van der Waals surface area contributed by atoms with Crippen molar-refractivity contribution >= 4 is 37.3 Å². The maximum Gasteiger partial charge on any atom is 1.00 e. The topological polar surface area (TPSA) is 247 Å². The third-order valence-electron chi connectivity index (χ3n) is 14.2. The van der Waals surface area contributed by atoms with E-state index < -0.39 is 73.2 Å². The van der Waals surface area contributed by atoms with E-state index in [1.54, 1.807) is 0 Å². The minimum absolute atomic E-state index is 0. The fraction of sp³-hybridized carbons (Fsp3) is 0.500. The van der Waals surface area contributed by atoms with Gasteiger partial charge in [0.1, 0.15) is 42.1 Å². The van der Waals surface area contributed by atoms with Gasteiger partial charge in [0, 0.05) is 71.6 Å². The van der Waals surface area contributed by atoms with Gasteiger partial charge in [-0.2, -0.15) is 4.58 Å². The van der Waals surface area contributed by atoms with Gasteiger partial charge in [-0.15, -0.1) is 0 Å². The van der Waals surface area contributed by atoms with Gasteiger partial charge in [0.25, 0.3) is 0 Å². The summed E-state index contributed by atoms with van der Waals surface area (Å²) in [4.78, 5) is 2.23. The molecule has 19 heteroatoms. The van der Waals surface area contributed by atoms with E-state index in [9.17, 15) is 41.3 Å². The van der Waals surface area contributed by atoms with E-state index in [0.717, 1.165) is 70.7 Å². The van der Waals surface area contributed by atoms with Crippen LogP contribution in [0.15, 0.2) is 120 Å². The van der Waals surface area contributed by atoms with Gasteiger partial charge in [-0.1, -0.05) is 62.4 Å². The zero-order chi connectivity index (χ0) is 51.8. The zero-order valence-electron chi connectivity index (χ0n) is 42.7. The molecule has 16 nitrogen and oxygen atoms in total. The van der Waals surface area contributed by atoms with Crippen LogP contribution in [-0.2, 0) is 35.8 Å². The van der Waals surface area contributed by atoms with Crippen LogP contribution in [0.2, 0.25) is 0 Å². The van der Waals surface area contributed by atoms with Gasteiger partial charge < -0.3 is 54.6 Å². The summed E-state index contributed by atoms with van der Waals surface area (Å²) in [6.07, 6.45) is 9.21. The SMILES string of the molecule is CC1(C)C(/C=C/C2=C(Oc3cccc(OCCCCNC[C@H]4O[C@@H](O)[C@H](N)[C@@H](O)[C@@H]4O)c3)C(=C/C=C3/N(CCCCS(=O)(=O)[O-])c4ccccc4C3(C)C)/CCC2)=[N+](CCCCS(=O)(=O)[O-])c2ccccc21.[Na+]. The third-order valence-corrected chi connectivity index (χ3v) is 15.7. The minimum atomic E-state index is -4.33. The van der Waals surface area contributed by atoms with Crippen LogP contribution in [0, 0.1) is 0 Å². The molecule has 5 atom stereocenters. The van der Waals surface area contributed by atoms with Crippen molar-refractivity contribution in [3.8, 4) is 11.5 Å². The number of nitrogens with one attached hydrogen (secondary N) is 1. The minimum Gasteiger partial charge on any atom is -0.748 e. The fourth-order valence-electron chi connectivity index (χ4n) is 10.2. The van der Waals surface area contributed by atoms with Crippen molar-refractivity contribution < 1.29 is 89.6 Å². The summed E-state index contributed by atoms with van der Waals surface area (Å²) >= 11 is 0. The Kier molecular flexibility index (Phi) is 20.4. The zero-order valence-corrected chi connectivity index (χ0v) is 46.4. The van der Waals surface area contributed by atoms with Crippen LogP contribution >= 0.6 is 0 Å². The molecule has 0 unspecified atom stereocenters. The third kappa shape index (κ3) is 14.8. The summed E-state index contributed by atoms with van der Waals surface area (Å²) in [5.41, 5.74) is 13.3. The molecule has 1 saturated heterocycles. The Balaban J connectivity index is 0.00000869. The molecule has 3 aromatic rings. The Morgan fingerprint density at radius 3 is 2.23 bits per heavy atom. The second kappa shape index (κ2) is 25.4. The molecule has 392 valence electrons. The number of nitrogens with two attached hydrogens (primary N) is 1. The van der Waals surface area contributed by atoms with Crippen molar-refractivity contribution in [1.82, 2.24) is 5.32 Å². The van der Waals surface area contributed by atoms with Crippen LogP contribution in [0.3, 0.4) is 0 Å². The Morgan fingerprint density at radius 1 is 0.808 bits per heavy atom. The van der Waals surface area contributed by atoms with Crippen molar-refractivity contribution in [1.29, 1.82) is 0 Å². The van der Waals surface area contributed by atoms with E-state index in [1.165, 1.54) is 0 Å². The Hall–Kier alpha value is -3.73. The van der Waals surface area contributed by atoms with Crippen LogP contribution < -0.4 is 55.0 Å². The van der Waals surface area contributed by atoms with E-state index >= 15 is 0 Å². The van der Waals surface area contributed by atoms with E-state index in [4.69, 9.17) is 19.9 Å². The first-order valence-corrected chi connectivity index (χ1v) is 28.2. The molecule has 7 rings (SSSR count). The molecule has 6 N–H and O–H groups in total. The number of ether oxygens (including phenoxy) is 3. The number of fused-ring (bicyclic) bond motifs is 2. The summed E-state index contributed by atoms with van der Waals surface area (Å²) in [6, 6.07) is 22.9. The smallest absolute Gasteiger partial charge is 0.748 e. The largest absolute Gasteiger partial charge is 1.00 e. The maximum atomic E-state index is 11.5. The van der Waals surface area contributed by atoms with Crippen molar-refractivity contribution in [2.75, 3.05) is 49.2 Å². The van der Waals surface area contributed by atoms with Crippen molar-refractivity contribution in [2.24, 2.45) is 5.73 Å². The molecule has 0 spiro atoms. The first-order chi connectivity index (χ1) is 34.2. The number of allylic oxidation sites excluding steroid dienone is 7. The Bertz CT molecular complexity index is 2790. The van der Waals surface area contributed by atoms with Crippen LogP contribution in [0.5, 0.6) is 11.5 Å². The van der Waals surface area contributed by atoms with Crippen LogP contribution in [0.1, 0.15) is 96.6 Å². The standard InChI is InChI=1S/C54H72N4O12S2.Na/c1-53(2)41-21-5-7-23-43(41)57(30-10-13-33-71(62,63)64)46(53)27-25-37-17-15-18-38(26-28-47-54(3,4)42-22-6-8-24-44(42)58(47)31-11-14-34-72(65,66)67)51(37)69-40-20-16-19-39(35-40)68-32-12-9-29-56-36-45-49(59)50(60)48(55)52(61)70-45;/h5-8,16,19-28,35,45,48-50,52,56,59-61H,9-15,17-18,29-34,36,55H2,1-4H3,(H-,62,63,64,65,66,67);/q;+1/p-1/t45-,48-,49-,50-,52-;/m1./s1. The van der Waals surface area contributed by atoms with E-state index in [1.807, 2.05) is 48.5 Å². The number of unbranched alkanes of at least 4 members (excludes halogenated alkanes) is 3. The van der Waals surface area contributed by atoms with Crippen LogP contribution in [0.4, 0.5) is 11.4 Å². The van der Waals surface area contributed by atoms with Crippen molar-refractivity contribution in [3.05, 3.63) is 131 Å². The molecule has 3 heterocycles. The molecular weight excluding hydrogens is 984 g/mol. The van der Waals surface area contributed by atoms with Crippen molar-refractivity contribution in [3.63, 3.8) is 0 Å². The average molecular weight is 1060 g/mol. The number of rotatable bonds is 23. The summed E-state index contributed by atoms with van der Waals surface area (Å²) < 4.78 is 89.6. The van der Waals surface area contributed by atoms with Gasteiger partial charge in [0.15, 0.2) is 12.0 Å². The van der Waals surface area contributed by atoms with Gasteiger partial charge in [-0.25, -0.2) is 16.8 Å². The molecule has 0 bridgehead atoms. The van der Waals surface area contributed by atoms with Crippen LogP contribution in [-0.4, -0.2) is 126 Å². The molecule has 1 fully saturated rings. The molecule has 3 aromatic carbocycles. The summed E-state index contributed by atoms with van der Waals surface area (Å²) in [7, 11) is -8.66. The van der Waals surface area contributed by atoms with E-state index in [-0.39, 0.29) is 48.9 Å². The molecule has 73 heavy (non-hydrogen) atoms. The van der Waals surface area contributed by atoms with E-state index in [2.05, 4.69) is 91.1 Å². The van der Waals surface area contributed by atoms with Gasteiger partial charge >= 0.3 is 29.6 Å². The quantitative estimate of drug-likeness (QED) is 0.0397. The molecule has 0 radical (unpaired) electrons. The number of benzene rings is 3. The number of hydrogen-bond donors (Lipinski definition) is 5. The maximum absolute atomic E-state index is 11.5. The number of aliphatic hydroxyl groups excluding tert-OH is 3. The fourth-order valence-corrected chi connectivity index (χ4v) is 11.4. The first kappa shape index (κ1) is 58.5. The Morgan fingerprint density at radius 2 is 1.49 bits per heavy atom. The molecule has 3 aliphatic heterocycles. The van der Waals surface area contributed by atoms with Crippen LogP contribution in [0.25, 0.3) is 0 Å². The van der Waals surface area contributed by atoms with Gasteiger partial charge in [-0.05, 0) is 119 Å². The molecule has 0 aromatic heterocycles. The average Bonchev–Trinajstić information content (AvgIpc) is 3.68. The first-order valence-electron chi connectivity index (χ1n) is 25.0. The second-order valence-corrected chi connectivity index (χ2v) is 23.2. The predicted octanol–water partition coefficient (Wildman–Crippen LogP) is 2.91. The Labute approximate surface area is 453 Å².